The van der Waals surface area contributed by atoms with Crippen molar-refractivity contribution < 1.29 is 24.2 Å². The van der Waals surface area contributed by atoms with Gasteiger partial charge in [0, 0.05) is 12.1 Å². The summed E-state index contributed by atoms with van der Waals surface area (Å²) in [5.74, 6) is -0.957. The molecule has 42 heavy (non-hydrogen) atoms. The average molecular weight is 602 g/mol. The SMILES string of the molecule is CCCCCCN(C(=O)C(CC(C)C)NC(=O)OC(C)(C)C)C(C(=O)Nc1c(C)cccc1Cl)c1cccc(C)c1O. The number of phenolic OH excluding ortho intramolecular Hbond substituents is 1. The quantitative estimate of drug-likeness (QED) is 0.204. The zero-order valence-electron chi connectivity index (χ0n) is 26.3. The van der Waals surface area contributed by atoms with Gasteiger partial charge < -0.3 is 25.4 Å². The second-order valence-corrected chi connectivity index (χ2v) is 12.7. The Kier molecular flexibility index (Phi) is 13.2. The number of carbonyl (C=O) groups is 3. The molecule has 2 atom stereocenters. The molecule has 2 aromatic carbocycles. The molecule has 2 rings (SSSR count). The van der Waals surface area contributed by atoms with E-state index in [0.717, 1.165) is 24.8 Å². The van der Waals surface area contributed by atoms with E-state index in [1.807, 2.05) is 26.8 Å². The van der Waals surface area contributed by atoms with Gasteiger partial charge in [-0.05, 0) is 70.6 Å². The second kappa shape index (κ2) is 15.8. The minimum absolute atomic E-state index is 0.0567. The lowest BCUT2D eigenvalue weighted by Gasteiger charge is -2.35. The molecule has 0 aromatic heterocycles. The van der Waals surface area contributed by atoms with Crippen molar-refractivity contribution in [3.63, 3.8) is 0 Å². The maximum atomic E-state index is 14.4. The zero-order chi connectivity index (χ0) is 31.6. The Hall–Kier alpha value is -3.26. The van der Waals surface area contributed by atoms with Gasteiger partial charge in [0.05, 0.1) is 10.7 Å². The third-order valence-electron chi connectivity index (χ3n) is 6.83. The van der Waals surface area contributed by atoms with Gasteiger partial charge in [-0.1, -0.05) is 82.0 Å². The summed E-state index contributed by atoms with van der Waals surface area (Å²) in [5, 5.41) is 17.2. The predicted octanol–water partition coefficient (Wildman–Crippen LogP) is 7.69. The summed E-state index contributed by atoms with van der Waals surface area (Å²) in [4.78, 5) is 42.9. The number of hydrogen-bond donors (Lipinski definition) is 3. The summed E-state index contributed by atoms with van der Waals surface area (Å²) < 4.78 is 5.47. The van der Waals surface area contributed by atoms with Crippen molar-refractivity contribution in [2.75, 3.05) is 11.9 Å². The average Bonchev–Trinajstić information content (AvgIpc) is 2.88. The number of unbranched alkanes of at least 4 members (excludes halogenated alkanes) is 3. The van der Waals surface area contributed by atoms with Crippen LogP contribution < -0.4 is 10.6 Å². The number of amides is 3. The normalized spacial score (nSPS) is 12.9. The number of para-hydroxylation sites is 2. The highest BCUT2D eigenvalue weighted by Crippen LogP contribution is 2.35. The third-order valence-corrected chi connectivity index (χ3v) is 7.14. The van der Waals surface area contributed by atoms with Crippen molar-refractivity contribution in [1.29, 1.82) is 0 Å². The monoisotopic (exact) mass is 601 g/mol. The van der Waals surface area contributed by atoms with Crippen molar-refractivity contribution in [3.05, 3.63) is 58.1 Å². The fourth-order valence-electron chi connectivity index (χ4n) is 4.75. The molecule has 0 heterocycles. The molecule has 0 bridgehead atoms. The smallest absolute Gasteiger partial charge is 0.408 e. The van der Waals surface area contributed by atoms with E-state index in [-0.39, 0.29) is 18.2 Å². The Morgan fingerprint density at radius 3 is 2.24 bits per heavy atom. The summed E-state index contributed by atoms with van der Waals surface area (Å²) >= 11 is 6.45. The maximum absolute atomic E-state index is 14.4. The molecule has 0 saturated carbocycles. The van der Waals surface area contributed by atoms with Crippen molar-refractivity contribution >= 4 is 35.2 Å². The second-order valence-electron chi connectivity index (χ2n) is 12.3. The largest absolute Gasteiger partial charge is 0.507 e. The van der Waals surface area contributed by atoms with E-state index in [4.69, 9.17) is 16.3 Å². The Morgan fingerprint density at radius 1 is 1.00 bits per heavy atom. The zero-order valence-corrected chi connectivity index (χ0v) is 27.1. The number of alkyl carbamates (subject to hydrolysis) is 1. The first-order chi connectivity index (χ1) is 19.7. The number of rotatable bonds is 13. The van der Waals surface area contributed by atoms with E-state index in [1.165, 1.54) is 4.90 Å². The molecule has 0 aliphatic rings. The van der Waals surface area contributed by atoms with Gasteiger partial charge in [0.15, 0.2) is 0 Å². The highest BCUT2D eigenvalue weighted by Gasteiger charge is 2.38. The predicted molar refractivity (Wildman–Crippen MR) is 169 cm³/mol. The number of benzene rings is 2. The van der Waals surface area contributed by atoms with Crippen LogP contribution in [0.25, 0.3) is 0 Å². The third kappa shape index (κ3) is 10.2. The fraction of sp³-hybridized carbons (Fsp3) is 0.545. The van der Waals surface area contributed by atoms with E-state index in [2.05, 4.69) is 17.6 Å². The molecule has 9 heteroatoms. The Labute approximate surface area is 256 Å². The van der Waals surface area contributed by atoms with Crippen LogP contribution in [-0.2, 0) is 14.3 Å². The van der Waals surface area contributed by atoms with Crippen LogP contribution in [0.15, 0.2) is 36.4 Å². The van der Waals surface area contributed by atoms with Crippen molar-refractivity contribution in [2.45, 2.75) is 105 Å². The lowest BCUT2D eigenvalue weighted by molar-refractivity contribution is -0.141. The van der Waals surface area contributed by atoms with Gasteiger partial charge in [0.25, 0.3) is 5.91 Å². The highest BCUT2D eigenvalue weighted by atomic mass is 35.5. The lowest BCUT2D eigenvalue weighted by Crippen LogP contribution is -2.53. The molecule has 8 nitrogen and oxygen atoms in total. The van der Waals surface area contributed by atoms with E-state index in [0.29, 0.717) is 34.7 Å². The maximum Gasteiger partial charge on any atom is 0.408 e. The van der Waals surface area contributed by atoms with Gasteiger partial charge in [0.1, 0.15) is 23.4 Å². The molecule has 2 aromatic rings. The van der Waals surface area contributed by atoms with Crippen LogP contribution in [0.5, 0.6) is 5.75 Å². The number of aromatic hydroxyl groups is 1. The molecule has 232 valence electrons. The fourth-order valence-corrected chi connectivity index (χ4v) is 5.02. The van der Waals surface area contributed by atoms with Gasteiger partial charge in [-0.25, -0.2) is 4.79 Å². The topological polar surface area (TPSA) is 108 Å². The van der Waals surface area contributed by atoms with Gasteiger partial charge in [-0.2, -0.15) is 0 Å². The van der Waals surface area contributed by atoms with Crippen LogP contribution >= 0.6 is 11.6 Å². The summed E-state index contributed by atoms with van der Waals surface area (Å²) in [6.45, 7) is 15.1. The van der Waals surface area contributed by atoms with E-state index >= 15 is 0 Å². The Bertz CT molecular complexity index is 1200. The molecular formula is C33H48ClN3O5. The lowest BCUT2D eigenvalue weighted by atomic mass is 9.96. The van der Waals surface area contributed by atoms with Crippen molar-refractivity contribution in [2.24, 2.45) is 5.92 Å². The standard InChI is InChI=1S/C33H48ClN3O5/c1-9-10-11-12-19-37(31(40)26(20-21(2)3)35-32(41)42-33(6,7)8)28(24-17-13-16-23(5)29(24)38)30(39)36-27-22(4)15-14-18-25(27)34/h13-18,21,26,28,38H,9-12,19-20H2,1-8H3,(H,35,41)(H,36,39). The van der Waals surface area contributed by atoms with Gasteiger partial charge in [-0.3, -0.25) is 9.59 Å². The number of hydrogen-bond acceptors (Lipinski definition) is 5. The number of anilines is 1. The highest BCUT2D eigenvalue weighted by molar-refractivity contribution is 6.34. The molecule has 3 amide bonds. The summed E-state index contributed by atoms with van der Waals surface area (Å²) in [5.41, 5.74) is 1.31. The van der Waals surface area contributed by atoms with Crippen LogP contribution in [0.2, 0.25) is 5.02 Å². The van der Waals surface area contributed by atoms with Crippen LogP contribution in [-0.4, -0.2) is 46.1 Å². The Balaban J connectivity index is 2.64. The summed E-state index contributed by atoms with van der Waals surface area (Å²) in [7, 11) is 0. The molecule has 0 saturated heterocycles. The minimum Gasteiger partial charge on any atom is -0.507 e. The van der Waals surface area contributed by atoms with Crippen LogP contribution in [0.3, 0.4) is 0 Å². The first-order valence-electron chi connectivity index (χ1n) is 14.8. The van der Waals surface area contributed by atoms with Crippen molar-refractivity contribution in [3.8, 4) is 5.75 Å². The number of nitrogens with zero attached hydrogens (tertiary/aromatic N) is 1. The van der Waals surface area contributed by atoms with Gasteiger partial charge >= 0.3 is 6.09 Å². The number of carbonyl (C=O) groups excluding carboxylic acids is 3. The van der Waals surface area contributed by atoms with Crippen LogP contribution in [0.4, 0.5) is 10.5 Å². The van der Waals surface area contributed by atoms with E-state index in [9.17, 15) is 19.5 Å². The molecule has 3 N–H and O–H groups in total. The van der Waals surface area contributed by atoms with Crippen molar-refractivity contribution in [1.82, 2.24) is 10.2 Å². The first-order valence-corrected chi connectivity index (χ1v) is 15.2. The van der Waals surface area contributed by atoms with Gasteiger partial charge in [0.2, 0.25) is 5.91 Å². The molecule has 0 aliphatic heterocycles. The number of halogens is 1. The minimum atomic E-state index is -1.19. The van der Waals surface area contributed by atoms with Gasteiger partial charge in [-0.15, -0.1) is 0 Å². The molecule has 2 unspecified atom stereocenters. The molecule has 0 spiro atoms. The summed E-state index contributed by atoms with van der Waals surface area (Å²) in [6, 6.07) is 8.30. The molecule has 0 fully saturated rings. The molecule has 0 radical (unpaired) electrons. The van der Waals surface area contributed by atoms with E-state index < -0.39 is 35.6 Å². The number of ether oxygens (including phenoxy) is 1. The Morgan fingerprint density at radius 2 is 1.64 bits per heavy atom. The molecular weight excluding hydrogens is 554 g/mol. The number of phenols is 1. The van der Waals surface area contributed by atoms with Crippen LogP contribution in [0, 0.1) is 19.8 Å². The first kappa shape index (κ1) is 34.9. The van der Waals surface area contributed by atoms with E-state index in [1.54, 1.807) is 58.0 Å². The number of aryl methyl sites for hydroxylation is 2. The summed E-state index contributed by atoms with van der Waals surface area (Å²) in [6.07, 6.45) is 3.09. The molecule has 0 aliphatic carbocycles. The van der Waals surface area contributed by atoms with Crippen LogP contribution in [0.1, 0.15) is 96.4 Å². The number of nitrogens with one attached hydrogen (secondary N) is 2.